The fraction of sp³-hybridized carbons (Fsp3) is 0.385. The van der Waals surface area contributed by atoms with Gasteiger partial charge in [-0.05, 0) is 37.1 Å². The highest BCUT2D eigenvalue weighted by atomic mass is 16.5. The Labute approximate surface area is 110 Å². The number of hydrogen-bond donors (Lipinski definition) is 2. The second-order valence-electron chi connectivity index (χ2n) is 4.25. The van der Waals surface area contributed by atoms with E-state index < -0.39 is 18.2 Å². The SMILES string of the molecule is COc1ccc(NC(=O)[C@@H]2CC[C@H](C(=O)O)O2)cc1. The number of rotatable bonds is 4. The topological polar surface area (TPSA) is 84.9 Å². The molecule has 6 heteroatoms. The van der Waals surface area contributed by atoms with Gasteiger partial charge < -0.3 is 19.9 Å². The van der Waals surface area contributed by atoms with E-state index in [1.807, 2.05) is 0 Å². The first kappa shape index (κ1) is 13.4. The van der Waals surface area contributed by atoms with Gasteiger partial charge in [-0.3, -0.25) is 4.79 Å². The van der Waals surface area contributed by atoms with Crippen LogP contribution in [0.5, 0.6) is 5.75 Å². The monoisotopic (exact) mass is 265 g/mol. The van der Waals surface area contributed by atoms with Crippen molar-refractivity contribution in [1.29, 1.82) is 0 Å². The number of carboxylic acids is 1. The number of hydrogen-bond acceptors (Lipinski definition) is 4. The van der Waals surface area contributed by atoms with E-state index >= 15 is 0 Å². The van der Waals surface area contributed by atoms with Crippen molar-refractivity contribution < 1.29 is 24.2 Å². The maximum Gasteiger partial charge on any atom is 0.332 e. The molecule has 1 aliphatic heterocycles. The van der Waals surface area contributed by atoms with Gasteiger partial charge in [0.15, 0.2) is 6.10 Å². The minimum Gasteiger partial charge on any atom is -0.497 e. The fourth-order valence-corrected chi connectivity index (χ4v) is 1.91. The predicted octanol–water partition coefficient (Wildman–Crippen LogP) is 1.27. The van der Waals surface area contributed by atoms with Crippen LogP contribution in [0.25, 0.3) is 0 Å². The molecule has 1 fully saturated rings. The number of aliphatic carboxylic acids is 1. The van der Waals surface area contributed by atoms with E-state index in [1.165, 1.54) is 0 Å². The van der Waals surface area contributed by atoms with Gasteiger partial charge in [-0.1, -0.05) is 0 Å². The Balaban J connectivity index is 1.92. The molecule has 2 atom stereocenters. The van der Waals surface area contributed by atoms with E-state index in [0.717, 1.165) is 0 Å². The number of ether oxygens (including phenoxy) is 2. The molecule has 0 spiro atoms. The Hall–Kier alpha value is -2.08. The van der Waals surface area contributed by atoms with Crippen LogP contribution in [0, 0.1) is 0 Å². The lowest BCUT2D eigenvalue weighted by atomic mass is 10.2. The lowest BCUT2D eigenvalue weighted by Crippen LogP contribution is -2.29. The van der Waals surface area contributed by atoms with Gasteiger partial charge in [-0.15, -0.1) is 0 Å². The van der Waals surface area contributed by atoms with Gasteiger partial charge >= 0.3 is 5.97 Å². The van der Waals surface area contributed by atoms with Crippen LogP contribution in [0.3, 0.4) is 0 Å². The molecular weight excluding hydrogens is 250 g/mol. The highest BCUT2D eigenvalue weighted by molar-refractivity contribution is 5.94. The maximum atomic E-state index is 11.9. The van der Waals surface area contributed by atoms with Crippen LogP contribution in [0.2, 0.25) is 0 Å². The summed E-state index contributed by atoms with van der Waals surface area (Å²) in [5, 5.41) is 11.5. The minimum absolute atomic E-state index is 0.325. The van der Waals surface area contributed by atoms with E-state index in [-0.39, 0.29) is 5.91 Å². The second kappa shape index (κ2) is 5.71. The number of carbonyl (C=O) groups excluding carboxylic acids is 1. The molecule has 0 bridgehead atoms. The molecule has 0 aliphatic carbocycles. The van der Waals surface area contributed by atoms with E-state index in [0.29, 0.717) is 24.3 Å². The van der Waals surface area contributed by atoms with Gasteiger partial charge in [0.05, 0.1) is 7.11 Å². The molecule has 102 valence electrons. The Bertz CT molecular complexity index is 470. The Morgan fingerprint density at radius 2 is 1.89 bits per heavy atom. The molecule has 0 radical (unpaired) electrons. The van der Waals surface area contributed by atoms with Gasteiger partial charge in [-0.25, -0.2) is 4.79 Å². The predicted molar refractivity (Wildman–Crippen MR) is 67.2 cm³/mol. The van der Waals surface area contributed by atoms with E-state index in [4.69, 9.17) is 14.6 Å². The lowest BCUT2D eigenvalue weighted by Gasteiger charge is -2.12. The highest BCUT2D eigenvalue weighted by Crippen LogP contribution is 2.22. The summed E-state index contributed by atoms with van der Waals surface area (Å²) >= 11 is 0. The normalized spacial score (nSPS) is 21.9. The third-order valence-electron chi connectivity index (χ3n) is 2.95. The van der Waals surface area contributed by atoms with Crippen LogP contribution in [0.15, 0.2) is 24.3 Å². The van der Waals surface area contributed by atoms with Crippen molar-refractivity contribution in [2.24, 2.45) is 0 Å². The number of methoxy groups -OCH3 is 1. The van der Waals surface area contributed by atoms with E-state index in [2.05, 4.69) is 5.32 Å². The molecule has 2 N–H and O–H groups in total. The molecule has 0 unspecified atom stereocenters. The molecule has 0 aromatic heterocycles. The molecule has 1 aliphatic rings. The summed E-state index contributed by atoms with van der Waals surface area (Å²) in [5.74, 6) is -0.658. The molecule has 1 aromatic carbocycles. The van der Waals surface area contributed by atoms with Gasteiger partial charge in [-0.2, -0.15) is 0 Å². The summed E-state index contributed by atoms with van der Waals surface area (Å²) in [5.41, 5.74) is 0.619. The average Bonchev–Trinajstić information content (AvgIpc) is 2.89. The quantitative estimate of drug-likeness (QED) is 0.856. The van der Waals surface area contributed by atoms with Gasteiger partial charge in [0, 0.05) is 5.69 Å². The molecule has 1 heterocycles. The van der Waals surface area contributed by atoms with Crippen molar-refractivity contribution in [2.45, 2.75) is 25.0 Å². The molecule has 6 nitrogen and oxygen atoms in total. The van der Waals surface area contributed by atoms with Crippen molar-refractivity contribution in [1.82, 2.24) is 0 Å². The first-order valence-corrected chi connectivity index (χ1v) is 5.93. The first-order valence-electron chi connectivity index (χ1n) is 5.93. The van der Waals surface area contributed by atoms with E-state index in [9.17, 15) is 9.59 Å². The standard InChI is InChI=1S/C13H15NO5/c1-18-9-4-2-8(3-5-9)14-12(15)10-6-7-11(19-10)13(16)17/h2-5,10-11H,6-7H2,1H3,(H,14,15)(H,16,17)/t10-,11+/m0/s1. The molecule has 1 saturated heterocycles. The van der Waals surface area contributed by atoms with E-state index in [1.54, 1.807) is 31.4 Å². The van der Waals surface area contributed by atoms with Gasteiger partial charge in [0.1, 0.15) is 11.9 Å². The summed E-state index contributed by atoms with van der Waals surface area (Å²) in [7, 11) is 1.56. The molecule has 1 amide bonds. The minimum atomic E-state index is -1.03. The Morgan fingerprint density at radius 1 is 1.26 bits per heavy atom. The van der Waals surface area contributed by atoms with Crippen LogP contribution < -0.4 is 10.1 Å². The maximum absolute atomic E-state index is 11.9. The van der Waals surface area contributed by atoms with Crippen LogP contribution in [-0.4, -0.2) is 36.3 Å². The second-order valence-corrected chi connectivity index (χ2v) is 4.25. The molecule has 2 rings (SSSR count). The summed E-state index contributed by atoms with van der Waals surface area (Å²) in [6.07, 6.45) is -0.815. The molecule has 0 saturated carbocycles. The number of carboxylic acid groups (broad SMARTS) is 1. The largest absolute Gasteiger partial charge is 0.497 e. The van der Waals surface area contributed by atoms with Crippen LogP contribution >= 0.6 is 0 Å². The van der Waals surface area contributed by atoms with Crippen LogP contribution in [0.1, 0.15) is 12.8 Å². The zero-order valence-electron chi connectivity index (χ0n) is 10.5. The lowest BCUT2D eigenvalue weighted by molar-refractivity contribution is -0.150. The number of benzene rings is 1. The van der Waals surface area contributed by atoms with Crippen molar-refractivity contribution in [3.05, 3.63) is 24.3 Å². The van der Waals surface area contributed by atoms with Gasteiger partial charge in [0.2, 0.25) is 0 Å². The third-order valence-corrected chi connectivity index (χ3v) is 2.95. The smallest absolute Gasteiger partial charge is 0.332 e. The van der Waals surface area contributed by atoms with Crippen LogP contribution in [0.4, 0.5) is 5.69 Å². The zero-order valence-corrected chi connectivity index (χ0v) is 10.5. The Kier molecular flexibility index (Phi) is 4.01. The molecule has 1 aromatic rings. The summed E-state index contributed by atoms with van der Waals surface area (Å²) in [6.45, 7) is 0. The Morgan fingerprint density at radius 3 is 2.42 bits per heavy atom. The molecule has 19 heavy (non-hydrogen) atoms. The van der Waals surface area contributed by atoms with Crippen molar-refractivity contribution in [2.75, 3.05) is 12.4 Å². The van der Waals surface area contributed by atoms with Crippen molar-refractivity contribution in [3.63, 3.8) is 0 Å². The van der Waals surface area contributed by atoms with Crippen molar-refractivity contribution in [3.8, 4) is 5.75 Å². The zero-order chi connectivity index (χ0) is 13.8. The number of anilines is 1. The first-order chi connectivity index (χ1) is 9.10. The highest BCUT2D eigenvalue weighted by Gasteiger charge is 2.34. The summed E-state index contributed by atoms with van der Waals surface area (Å²) < 4.78 is 10.2. The summed E-state index contributed by atoms with van der Waals surface area (Å²) in [6, 6.07) is 6.87. The summed E-state index contributed by atoms with van der Waals surface area (Å²) in [4.78, 5) is 22.6. The average molecular weight is 265 g/mol. The molecular formula is C13H15NO5. The fourth-order valence-electron chi connectivity index (χ4n) is 1.91. The number of carbonyl (C=O) groups is 2. The van der Waals surface area contributed by atoms with Crippen molar-refractivity contribution >= 4 is 17.6 Å². The van der Waals surface area contributed by atoms with Gasteiger partial charge in [0.25, 0.3) is 5.91 Å². The number of nitrogens with one attached hydrogen (secondary N) is 1. The number of amides is 1. The third kappa shape index (κ3) is 3.23. The van der Waals surface area contributed by atoms with Crippen LogP contribution in [-0.2, 0) is 14.3 Å².